The van der Waals surface area contributed by atoms with Gasteiger partial charge in [-0.2, -0.15) is 0 Å². The van der Waals surface area contributed by atoms with Gasteiger partial charge in [0.25, 0.3) is 10.0 Å². The highest BCUT2D eigenvalue weighted by Crippen LogP contribution is 2.36. The van der Waals surface area contributed by atoms with Gasteiger partial charge in [-0.1, -0.05) is 0 Å². The third-order valence-corrected chi connectivity index (χ3v) is 6.34. The predicted octanol–water partition coefficient (Wildman–Crippen LogP) is 4.10. The summed E-state index contributed by atoms with van der Waals surface area (Å²) in [6.45, 7) is 7.04. The minimum absolute atomic E-state index is 0.0101. The van der Waals surface area contributed by atoms with Crippen LogP contribution in [0, 0.1) is 5.82 Å². The maximum atomic E-state index is 13.3. The Morgan fingerprint density at radius 1 is 1.28 bits per heavy atom. The number of rotatable bonds is 3. The van der Waals surface area contributed by atoms with E-state index < -0.39 is 27.5 Å². The highest BCUT2D eigenvalue weighted by atomic mass is 32.2. The largest absolute Gasteiger partial charge is 0.444 e. The van der Waals surface area contributed by atoms with Crippen molar-refractivity contribution in [3.05, 3.63) is 48.0 Å². The van der Waals surface area contributed by atoms with Crippen molar-refractivity contribution in [1.29, 1.82) is 0 Å². The van der Waals surface area contributed by atoms with Gasteiger partial charge in [-0.3, -0.25) is 14.6 Å². The fourth-order valence-electron chi connectivity index (χ4n) is 3.14. The fraction of sp³-hybridized carbons (Fsp3) is 0.400. The number of aryl methyl sites for hydroxylation is 1. The molecule has 0 saturated carbocycles. The number of pyridine rings is 1. The number of nitrogens with zero attached hydrogens (tertiary/aromatic N) is 2. The van der Waals surface area contributed by atoms with Gasteiger partial charge in [0.2, 0.25) is 0 Å². The first-order valence-corrected chi connectivity index (χ1v) is 10.7. The lowest BCUT2D eigenvalue weighted by Gasteiger charge is -2.35. The van der Waals surface area contributed by atoms with Crippen LogP contribution in [0.3, 0.4) is 0 Å². The molecular formula is C20H24FN3O4S. The van der Waals surface area contributed by atoms with Crippen LogP contribution in [-0.2, 0) is 21.2 Å². The second-order valence-corrected chi connectivity index (χ2v) is 9.77. The van der Waals surface area contributed by atoms with Crippen LogP contribution in [0.1, 0.15) is 39.8 Å². The normalized spacial score (nSPS) is 16.9. The Morgan fingerprint density at radius 3 is 2.55 bits per heavy atom. The van der Waals surface area contributed by atoms with E-state index in [-0.39, 0.29) is 10.9 Å². The third-order valence-electron chi connectivity index (χ3n) is 4.40. The van der Waals surface area contributed by atoms with E-state index in [0.29, 0.717) is 29.9 Å². The van der Waals surface area contributed by atoms with Crippen molar-refractivity contribution < 1.29 is 22.3 Å². The SMILES string of the molecule is CC1CCc2ncc(NC(=O)OC(C)(C)C)cc2N1S(=O)(=O)c1ccc(F)cc1. The zero-order valence-corrected chi connectivity index (χ0v) is 17.6. The first-order chi connectivity index (χ1) is 13.5. The zero-order chi connectivity index (χ0) is 21.4. The summed E-state index contributed by atoms with van der Waals surface area (Å²) in [5, 5.41) is 2.59. The van der Waals surface area contributed by atoms with E-state index in [4.69, 9.17) is 4.74 Å². The second kappa shape index (κ2) is 7.62. The molecular weight excluding hydrogens is 397 g/mol. The molecule has 1 aliphatic rings. The van der Waals surface area contributed by atoms with Crippen LogP contribution in [0.15, 0.2) is 41.4 Å². The fourth-order valence-corrected chi connectivity index (χ4v) is 4.84. The Balaban J connectivity index is 1.97. The van der Waals surface area contributed by atoms with Crippen LogP contribution in [0.4, 0.5) is 20.6 Å². The number of carbonyl (C=O) groups excluding carboxylic acids is 1. The number of benzene rings is 1. The number of aromatic nitrogens is 1. The molecule has 0 spiro atoms. The van der Waals surface area contributed by atoms with E-state index in [2.05, 4.69) is 10.3 Å². The van der Waals surface area contributed by atoms with Gasteiger partial charge in [0, 0.05) is 6.04 Å². The number of hydrogen-bond donors (Lipinski definition) is 1. The third kappa shape index (κ3) is 4.67. The molecule has 9 heteroatoms. The Hall–Kier alpha value is -2.68. The first-order valence-electron chi connectivity index (χ1n) is 9.26. The molecule has 1 aromatic heterocycles. The summed E-state index contributed by atoms with van der Waals surface area (Å²) in [5.41, 5.74) is 0.662. The van der Waals surface area contributed by atoms with E-state index in [0.717, 1.165) is 12.1 Å². The number of ether oxygens (including phenoxy) is 1. The molecule has 29 heavy (non-hydrogen) atoms. The van der Waals surface area contributed by atoms with E-state index in [1.165, 1.54) is 22.6 Å². The van der Waals surface area contributed by atoms with Gasteiger partial charge in [-0.05, 0) is 70.9 Å². The summed E-state index contributed by atoms with van der Waals surface area (Å²) >= 11 is 0. The summed E-state index contributed by atoms with van der Waals surface area (Å²) < 4.78 is 46.3. The Labute approximate surface area is 169 Å². The van der Waals surface area contributed by atoms with Crippen molar-refractivity contribution in [3.8, 4) is 0 Å². The van der Waals surface area contributed by atoms with Gasteiger partial charge >= 0.3 is 6.09 Å². The van der Waals surface area contributed by atoms with Gasteiger partial charge in [-0.15, -0.1) is 0 Å². The van der Waals surface area contributed by atoms with E-state index in [9.17, 15) is 17.6 Å². The smallest absolute Gasteiger partial charge is 0.412 e. The topological polar surface area (TPSA) is 88.6 Å². The highest BCUT2D eigenvalue weighted by molar-refractivity contribution is 7.92. The molecule has 7 nitrogen and oxygen atoms in total. The van der Waals surface area contributed by atoms with Gasteiger partial charge in [0.15, 0.2) is 0 Å². The van der Waals surface area contributed by atoms with Crippen LogP contribution in [-0.4, -0.2) is 31.1 Å². The Kier molecular flexibility index (Phi) is 5.53. The lowest BCUT2D eigenvalue weighted by Crippen LogP contribution is -2.42. The minimum Gasteiger partial charge on any atom is -0.444 e. The van der Waals surface area contributed by atoms with E-state index in [1.807, 2.05) is 0 Å². The standard InChI is InChI=1S/C20H24FN3O4S/c1-13-5-10-17-18(11-15(12-22-17)23-19(25)28-20(2,3)4)24(13)29(26,27)16-8-6-14(21)7-9-16/h6-9,11-13H,5,10H2,1-4H3,(H,23,25). The molecule has 0 radical (unpaired) electrons. The molecule has 0 aliphatic carbocycles. The lowest BCUT2D eigenvalue weighted by molar-refractivity contribution is 0.0636. The number of nitrogens with one attached hydrogen (secondary N) is 1. The van der Waals surface area contributed by atoms with Crippen LogP contribution >= 0.6 is 0 Å². The zero-order valence-electron chi connectivity index (χ0n) is 16.8. The van der Waals surface area contributed by atoms with Crippen molar-refractivity contribution in [3.63, 3.8) is 0 Å². The van der Waals surface area contributed by atoms with Gasteiger partial charge in [-0.25, -0.2) is 17.6 Å². The number of anilines is 2. The van der Waals surface area contributed by atoms with Crippen LogP contribution in [0.5, 0.6) is 0 Å². The molecule has 1 amide bonds. The lowest BCUT2D eigenvalue weighted by atomic mass is 10.0. The molecule has 0 bridgehead atoms. The molecule has 1 aromatic carbocycles. The maximum absolute atomic E-state index is 13.3. The molecule has 1 aliphatic heterocycles. The van der Waals surface area contributed by atoms with Crippen LogP contribution in [0.2, 0.25) is 0 Å². The van der Waals surface area contributed by atoms with Gasteiger partial charge in [0.1, 0.15) is 11.4 Å². The number of carbonyl (C=O) groups is 1. The number of halogens is 1. The molecule has 0 saturated heterocycles. The molecule has 156 valence electrons. The van der Waals surface area contributed by atoms with Crippen LogP contribution < -0.4 is 9.62 Å². The van der Waals surface area contributed by atoms with Crippen LogP contribution in [0.25, 0.3) is 0 Å². The average molecular weight is 421 g/mol. The van der Waals surface area contributed by atoms with Crippen molar-refractivity contribution >= 4 is 27.5 Å². The molecule has 2 heterocycles. The molecule has 1 atom stereocenters. The number of sulfonamides is 1. The van der Waals surface area contributed by atoms with Gasteiger partial charge < -0.3 is 4.74 Å². The summed E-state index contributed by atoms with van der Waals surface area (Å²) in [6.07, 6.45) is 2.02. The number of hydrogen-bond acceptors (Lipinski definition) is 5. The predicted molar refractivity (Wildman–Crippen MR) is 108 cm³/mol. The summed E-state index contributed by atoms with van der Waals surface area (Å²) in [4.78, 5) is 16.4. The highest BCUT2D eigenvalue weighted by Gasteiger charge is 2.35. The molecule has 1 N–H and O–H groups in total. The van der Waals surface area contributed by atoms with E-state index >= 15 is 0 Å². The number of fused-ring (bicyclic) bond motifs is 1. The van der Waals surface area contributed by atoms with Crippen molar-refractivity contribution in [2.24, 2.45) is 0 Å². The monoisotopic (exact) mass is 421 g/mol. The van der Waals surface area contributed by atoms with Crippen molar-refractivity contribution in [2.45, 2.75) is 57.1 Å². The first kappa shape index (κ1) is 21.0. The molecule has 1 unspecified atom stereocenters. The van der Waals surface area contributed by atoms with Crippen molar-refractivity contribution in [1.82, 2.24) is 4.98 Å². The summed E-state index contributed by atoms with van der Waals surface area (Å²) in [7, 11) is -3.93. The second-order valence-electron chi connectivity index (χ2n) is 7.96. The summed E-state index contributed by atoms with van der Waals surface area (Å²) in [5.74, 6) is -0.512. The average Bonchev–Trinajstić information content (AvgIpc) is 2.59. The quantitative estimate of drug-likeness (QED) is 0.806. The van der Waals surface area contributed by atoms with Crippen molar-refractivity contribution in [2.75, 3.05) is 9.62 Å². The maximum Gasteiger partial charge on any atom is 0.412 e. The van der Waals surface area contributed by atoms with E-state index in [1.54, 1.807) is 33.8 Å². The van der Waals surface area contributed by atoms with Gasteiger partial charge in [0.05, 0.1) is 28.2 Å². The molecule has 2 aromatic rings. The molecule has 0 fully saturated rings. The molecule has 3 rings (SSSR count). The summed E-state index contributed by atoms with van der Waals surface area (Å²) in [6, 6.07) is 5.95. The minimum atomic E-state index is -3.93. The Bertz CT molecular complexity index is 1020. The number of amides is 1. The Morgan fingerprint density at radius 2 is 1.93 bits per heavy atom.